The van der Waals surface area contributed by atoms with Gasteiger partial charge in [-0.1, -0.05) is 12.2 Å². The summed E-state index contributed by atoms with van der Waals surface area (Å²) in [7, 11) is 0. The number of aliphatic hydroxyl groups is 1. The average Bonchev–Trinajstić information content (AvgIpc) is 2.70. The molecule has 2 aliphatic heterocycles. The van der Waals surface area contributed by atoms with Crippen LogP contribution in [0.15, 0.2) is 12.2 Å². The average molecular weight is 233 g/mol. The van der Waals surface area contributed by atoms with Gasteiger partial charge >= 0.3 is 6.61 Å². The molecule has 0 aromatic rings. The third-order valence-electron chi connectivity index (χ3n) is 3.67. The second kappa shape index (κ2) is 4.39. The highest BCUT2D eigenvalue weighted by Crippen LogP contribution is 2.43. The van der Waals surface area contributed by atoms with Crippen LogP contribution in [0.5, 0.6) is 0 Å². The van der Waals surface area contributed by atoms with Crippen LogP contribution in [0.25, 0.3) is 0 Å². The Morgan fingerprint density at radius 2 is 2.38 bits per heavy atom. The molecule has 0 bridgehead atoms. The second-order valence-electron chi connectivity index (χ2n) is 4.72. The van der Waals surface area contributed by atoms with Gasteiger partial charge in [0.25, 0.3) is 0 Å². The lowest BCUT2D eigenvalue weighted by molar-refractivity contribution is -0.141. The summed E-state index contributed by atoms with van der Waals surface area (Å²) in [5.41, 5.74) is 0.809. The van der Waals surface area contributed by atoms with Crippen molar-refractivity contribution in [3.05, 3.63) is 12.2 Å². The van der Waals surface area contributed by atoms with Gasteiger partial charge in [0.1, 0.15) is 0 Å². The first-order valence-corrected chi connectivity index (χ1v) is 5.51. The van der Waals surface area contributed by atoms with E-state index in [1.807, 2.05) is 0 Å². The topological polar surface area (TPSA) is 32.7 Å². The van der Waals surface area contributed by atoms with E-state index in [1.165, 1.54) is 0 Å². The van der Waals surface area contributed by atoms with Crippen molar-refractivity contribution >= 4 is 0 Å². The highest BCUT2D eigenvalue weighted by atomic mass is 19.3. The summed E-state index contributed by atoms with van der Waals surface area (Å²) in [5.74, 6) is 0. The molecular weight excluding hydrogens is 216 g/mol. The molecule has 0 aromatic carbocycles. The Hall–Kier alpha value is -0.520. The molecule has 2 saturated heterocycles. The summed E-state index contributed by atoms with van der Waals surface area (Å²) in [6.45, 7) is 2.00. The van der Waals surface area contributed by atoms with Crippen LogP contribution in [0.1, 0.15) is 19.3 Å². The van der Waals surface area contributed by atoms with Gasteiger partial charge in [-0.2, -0.15) is 8.78 Å². The smallest absolute Gasteiger partial charge is 0.345 e. The summed E-state index contributed by atoms with van der Waals surface area (Å²) in [6, 6.07) is -0.0135. The van der Waals surface area contributed by atoms with Crippen LogP contribution in [0.3, 0.4) is 0 Å². The molecule has 3 nitrogen and oxygen atoms in total. The molecule has 0 aliphatic carbocycles. The van der Waals surface area contributed by atoms with Gasteiger partial charge in [0, 0.05) is 18.1 Å². The fraction of sp³-hybridized carbons (Fsp3) is 0.818. The van der Waals surface area contributed by atoms with Gasteiger partial charge < -0.3 is 9.84 Å². The van der Waals surface area contributed by atoms with Crippen LogP contribution in [0.4, 0.5) is 8.78 Å². The van der Waals surface area contributed by atoms with Crippen molar-refractivity contribution in [1.82, 2.24) is 4.90 Å². The molecule has 0 unspecified atom stereocenters. The van der Waals surface area contributed by atoms with E-state index < -0.39 is 6.61 Å². The predicted octanol–water partition coefficient (Wildman–Crippen LogP) is 1.38. The lowest BCUT2D eigenvalue weighted by Gasteiger charge is -2.32. The highest BCUT2D eigenvalue weighted by molar-refractivity contribution is 5.19. The van der Waals surface area contributed by atoms with Crippen LogP contribution in [-0.4, -0.2) is 48.0 Å². The first-order chi connectivity index (χ1) is 7.57. The molecule has 2 fully saturated rings. The fourth-order valence-electron chi connectivity index (χ4n) is 2.95. The standard InChI is InChI=1S/C11H17F2NO2/c1-8-4-11(7-15)3-2-9(14(11)5-8)6-16-10(12)13/h9-10,15H,1-7H2/t9-,11-/m0/s1. The van der Waals surface area contributed by atoms with Crippen LogP contribution in [0, 0.1) is 0 Å². The van der Waals surface area contributed by atoms with Gasteiger partial charge in [-0.25, -0.2) is 0 Å². The van der Waals surface area contributed by atoms with Crippen molar-refractivity contribution in [2.24, 2.45) is 0 Å². The Labute approximate surface area is 93.7 Å². The number of halogens is 2. The third kappa shape index (κ3) is 1.99. The molecule has 2 atom stereocenters. The molecule has 1 N–H and O–H groups in total. The van der Waals surface area contributed by atoms with Crippen LogP contribution in [0.2, 0.25) is 0 Å². The second-order valence-corrected chi connectivity index (χ2v) is 4.72. The molecular formula is C11H17F2NO2. The van der Waals surface area contributed by atoms with Gasteiger partial charge in [0.05, 0.1) is 13.2 Å². The SMILES string of the molecule is C=C1CN2[C@H](COC(F)F)CC[C@@]2(CO)C1. The van der Waals surface area contributed by atoms with Gasteiger partial charge in [-0.3, -0.25) is 4.90 Å². The van der Waals surface area contributed by atoms with E-state index in [0.717, 1.165) is 24.8 Å². The van der Waals surface area contributed by atoms with Gasteiger partial charge in [-0.05, 0) is 19.3 Å². The van der Waals surface area contributed by atoms with Gasteiger partial charge in [0.15, 0.2) is 0 Å². The van der Waals surface area contributed by atoms with Gasteiger partial charge in [0.2, 0.25) is 0 Å². The zero-order valence-corrected chi connectivity index (χ0v) is 9.16. The largest absolute Gasteiger partial charge is 0.394 e. The molecule has 0 saturated carbocycles. The van der Waals surface area contributed by atoms with Crippen molar-refractivity contribution in [3.8, 4) is 0 Å². The summed E-state index contributed by atoms with van der Waals surface area (Å²) >= 11 is 0. The fourth-order valence-corrected chi connectivity index (χ4v) is 2.95. The molecule has 16 heavy (non-hydrogen) atoms. The van der Waals surface area contributed by atoms with Crippen molar-refractivity contribution in [2.75, 3.05) is 19.8 Å². The molecule has 92 valence electrons. The summed E-state index contributed by atoms with van der Waals surface area (Å²) in [5, 5.41) is 9.47. The molecule has 0 spiro atoms. The maximum atomic E-state index is 12.0. The first-order valence-electron chi connectivity index (χ1n) is 5.51. The number of fused-ring (bicyclic) bond motifs is 1. The number of nitrogens with zero attached hydrogens (tertiary/aromatic N) is 1. The molecule has 2 heterocycles. The first kappa shape index (κ1) is 12.0. The van der Waals surface area contributed by atoms with Crippen LogP contribution >= 0.6 is 0 Å². The Balaban J connectivity index is 2.01. The minimum absolute atomic E-state index is 0.0135. The third-order valence-corrected chi connectivity index (χ3v) is 3.67. The quantitative estimate of drug-likeness (QED) is 0.745. The van der Waals surface area contributed by atoms with E-state index in [-0.39, 0.29) is 24.8 Å². The summed E-state index contributed by atoms with van der Waals surface area (Å²) in [4.78, 5) is 2.08. The minimum atomic E-state index is -2.71. The molecule has 0 aromatic heterocycles. The van der Waals surface area contributed by atoms with E-state index in [0.29, 0.717) is 6.54 Å². The lowest BCUT2D eigenvalue weighted by atomic mass is 9.94. The van der Waals surface area contributed by atoms with E-state index in [9.17, 15) is 13.9 Å². The molecule has 2 aliphatic rings. The normalized spacial score (nSPS) is 35.0. The highest BCUT2D eigenvalue weighted by Gasteiger charge is 2.50. The maximum Gasteiger partial charge on any atom is 0.345 e. The van der Waals surface area contributed by atoms with Crippen LogP contribution < -0.4 is 0 Å². The van der Waals surface area contributed by atoms with Crippen molar-refractivity contribution in [3.63, 3.8) is 0 Å². The predicted molar refractivity (Wildman–Crippen MR) is 55.3 cm³/mol. The van der Waals surface area contributed by atoms with E-state index in [2.05, 4.69) is 16.2 Å². The van der Waals surface area contributed by atoms with E-state index >= 15 is 0 Å². The summed E-state index contributed by atoms with van der Waals surface area (Å²) < 4.78 is 28.3. The number of alkyl halides is 2. The number of hydrogen-bond acceptors (Lipinski definition) is 3. The Bertz CT molecular complexity index is 285. The number of ether oxygens (including phenoxy) is 1. The lowest BCUT2D eigenvalue weighted by Crippen LogP contribution is -2.46. The molecule has 0 amide bonds. The zero-order valence-electron chi connectivity index (χ0n) is 9.16. The van der Waals surface area contributed by atoms with Crippen molar-refractivity contribution < 1.29 is 18.6 Å². The molecule has 0 radical (unpaired) electrons. The van der Waals surface area contributed by atoms with Gasteiger partial charge in [-0.15, -0.1) is 0 Å². The van der Waals surface area contributed by atoms with E-state index in [4.69, 9.17) is 0 Å². The summed E-state index contributed by atoms with van der Waals surface area (Å²) in [6.07, 6.45) is 2.41. The Morgan fingerprint density at radius 1 is 1.62 bits per heavy atom. The molecule has 2 rings (SSSR count). The minimum Gasteiger partial charge on any atom is -0.394 e. The molecule has 5 heteroatoms. The van der Waals surface area contributed by atoms with E-state index in [1.54, 1.807) is 0 Å². The van der Waals surface area contributed by atoms with Crippen LogP contribution in [-0.2, 0) is 4.74 Å². The maximum absolute atomic E-state index is 12.0. The Morgan fingerprint density at radius 3 is 3.00 bits per heavy atom. The van der Waals surface area contributed by atoms with Crippen molar-refractivity contribution in [1.29, 1.82) is 0 Å². The Kier molecular flexibility index (Phi) is 3.28. The number of rotatable bonds is 4. The number of aliphatic hydroxyl groups excluding tert-OH is 1. The monoisotopic (exact) mass is 233 g/mol. The zero-order chi connectivity index (χ0) is 11.8. The number of hydrogen-bond donors (Lipinski definition) is 1. The van der Waals surface area contributed by atoms with Crippen molar-refractivity contribution in [2.45, 2.75) is 37.5 Å².